The Morgan fingerprint density at radius 3 is 2.20 bits per heavy atom. The van der Waals surface area contributed by atoms with Crippen LogP contribution in [0.4, 0.5) is 0 Å². The van der Waals surface area contributed by atoms with Crippen molar-refractivity contribution in [2.24, 2.45) is 5.92 Å². The molecule has 0 saturated carbocycles. The maximum absolute atomic E-state index is 2.58. The molecule has 2 heterocycles. The third-order valence-electron chi connectivity index (χ3n) is 14.2. The van der Waals surface area contributed by atoms with Crippen molar-refractivity contribution in [1.29, 1.82) is 0 Å². The van der Waals surface area contributed by atoms with E-state index in [1.807, 2.05) is 22.7 Å². The molecule has 0 saturated heterocycles. The molecule has 12 rings (SSSR count). The lowest BCUT2D eigenvalue weighted by atomic mass is 9.66. The third kappa shape index (κ3) is 4.50. The van der Waals surface area contributed by atoms with E-state index in [0.29, 0.717) is 29.6 Å². The van der Waals surface area contributed by atoms with Gasteiger partial charge in [0.1, 0.15) is 0 Å². The number of hydrogen-bond acceptors (Lipinski definition) is 2. The van der Waals surface area contributed by atoms with E-state index >= 15 is 0 Å². The average molecular weight is 743 g/mol. The number of thiophene rings is 2. The molecule has 5 unspecified atom stereocenters. The standard InChI is InChI=1S/C53H42S2/c1-29-30(2)42-25-31(32-15-23-49-43(26-32)36-9-5-7-11-47(36)54-49)13-17-40(42)51-35(29)19-20-39-38(51)21-22-45-52(39)41-18-14-34(28-46(41)53(45,3)4)33-16-24-50-44(27-33)37-10-6-8-12-48(37)55-50/h5-14,16-30,32,45,52H,15H2,1-4H3. The number of fused-ring (bicyclic) bond motifs is 15. The minimum Gasteiger partial charge on any atom is -0.136 e. The quantitative estimate of drug-likeness (QED) is 0.165. The van der Waals surface area contributed by atoms with Crippen LogP contribution >= 0.6 is 22.7 Å². The van der Waals surface area contributed by atoms with E-state index in [-0.39, 0.29) is 5.41 Å². The summed E-state index contributed by atoms with van der Waals surface area (Å²) in [5.41, 5.74) is 16.0. The fourth-order valence-electron chi connectivity index (χ4n) is 11.1. The van der Waals surface area contributed by atoms with Gasteiger partial charge < -0.3 is 0 Å². The Morgan fingerprint density at radius 2 is 1.33 bits per heavy atom. The van der Waals surface area contributed by atoms with Crippen LogP contribution in [0, 0.1) is 5.92 Å². The second-order valence-corrected chi connectivity index (χ2v) is 19.4. The monoisotopic (exact) mass is 742 g/mol. The zero-order valence-corrected chi connectivity index (χ0v) is 33.3. The highest BCUT2D eigenvalue weighted by Gasteiger charge is 2.48. The smallest absolute Gasteiger partial charge is 0.0355 e. The Kier molecular flexibility index (Phi) is 6.75. The first kappa shape index (κ1) is 32.2. The Labute approximate surface area is 330 Å². The number of rotatable bonds is 2. The SMILES string of the molecule is CC1c2cc(C3C=c4c(sc5ccccc45)=CC3)ccc2-c2c(ccc3c2C=CC2C3c3ccc(-c4ccc5sc6ccccc6c5c4)cc3C2(C)C)C1C. The topological polar surface area (TPSA) is 0 Å². The molecular formula is C53H42S2. The van der Waals surface area contributed by atoms with Crippen molar-refractivity contribution in [3.05, 3.63) is 170 Å². The van der Waals surface area contributed by atoms with Gasteiger partial charge in [0.05, 0.1) is 0 Å². The van der Waals surface area contributed by atoms with E-state index in [4.69, 9.17) is 0 Å². The Morgan fingerprint density at radius 1 is 0.618 bits per heavy atom. The van der Waals surface area contributed by atoms with Gasteiger partial charge in [0, 0.05) is 41.2 Å². The summed E-state index contributed by atoms with van der Waals surface area (Å²) in [6, 6.07) is 44.7. The second kappa shape index (κ2) is 11.5. The van der Waals surface area contributed by atoms with Crippen LogP contribution in [-0.2, 0) is 5.41 Å². The minimum atomic E-state index is 0.0229. The first-order valence-corrected chi connectivity index (χ1v) is 21.7. The predicted octanol–water partition coefficient (Wildman–Crippen LogP) is 13.6. The van der Waals surface area contributed by atoms with E-state index in [0.717, 1.165) is 6.42 Å². The average Bonchev–Trinajstić information content (AvgIpc) is 3.86. The summed E-state index contributed by atoms with van der Waals surface area (Å²) in [7, 11) is 0. The van der Waals surface area contributed by atoms with Crippen LogP contribution in [0.25, 0.3) is 70.7 Å². The normalized spacial score (nSPS) is 22.7. The summed E-state index contributed by atoms with van der Waals surface area (Å²) < 4.78 is 5.55. The molecule has 8 aromatic rings. The van der Waals surface area contributed by atoms with Gasteiger partial charge in [-0.3, -0.25) is 0 Å². The Bertz CT molecular complexity index is 3110. The summed E-state index contributed by atoms with van der Waals surface area (Å²) in [5, 5.41) is 5.55. The lowest BCUT2D eigenvalue weighted by molar-refractivity contribution is 0.391. The van der Waals surface area contributed by atoms with Crippen molar-refractivity contribution in [2.75, 3.05) is 0 Å². The van der Waals surface area contributed by atoms with Gasteiger partial charge in [-0.15, -0.1) is 22.7 Å². The zero-order valence-electron chi connectivity index (χ0n) is 31.7. The highest BCUT2D eigenvalue weighted by atomic mass is 32.1. The molecule has 55 heavy (non-hydrogen) atoms. The van der Waals surface area contributed by atoms with Crippen LogP contribution in [0.3, 0.4) is 0 Å². The van der Waals surface area contributed by atoms with Gasteiger partial charge in [-0.05, 0) is 126 Å². The molecule has 5 atom stereocenters. The number of hydrogen-bond donors (Lipinski definition) is 0. The van der Waals surface area contributed by atoms with Gasteiger partial charge >= 0.3 is 0 Å². The Hall–Kier alpha value is -5.02. The van der Waals surface area contributed by atoms with Crippen molar-refractivity contribution in [3.8, 4) is 22.3 Å². The van der Waals surface area contributed by atoms with Crippen LogP contribution in [0.5, 0.6) is 0 Å². The van der Waals surface area contributed by atoms with Gasteiger partial charge in [0.15, 0.2) is 0 Å². The molecule has 0 N–H and O–H groups in total. The van der Waals surface area contributed by atoms with E-state index < -0.39 is 0 Å². The second-order valence-electron chi connectivity index (χ2n) is 17.2. The molecular weight excluding hydrogens is 701 g/mol. The van der Waals surface area contributed by atoms with E-state index in [2.05, 4.69) is 167 Å². The molecule has 0 amide bonds. The molecule has 4 aliphatic carbocycles. The number of benzene rings is 6. The lowest BCUT2D eigenvalue weighted by Crippen LogP contribution is -2.27. The summed E-state index contributed by atoms with van der Waals surface area (Å²) >= 11 is 3.83. The fraction of sp³-hybridized carbons (Fsp3) is 0.208. The van der Waals surface area contributed by atoms with Crippen LogP contribution in [0.1, 0.15) is 96.7 Å². The van der Waals surface area contributed by atoms with Crippen molar-refractivity contribution >= 4 is 71.2 Å². The highest BCUT2D eigenvalue weighted by Crippen LogP contribution is 2.59. The molecule has 2 heteroatoms. The minimum absolute atomic E-state index is 0.0229. The maximum Gasteiger partial charge on any atom is 0.0355 e. The van der Waals surface area contributed by atoms with Gasteiger partial charge in [-0.2, -0.15) is 0 Å². The molecule has 0 bridgehead atoms. The van der Waals surface area contributed by atoms with Crippen molar-refractivity contribution < 1.29 is 0 Å². The van der Waals surface area contributed by atoms with Gasteiger partial charge in [0.2, 0.25) is 0 Å². The van der Waals surface area contributed by atoms with Crippen LogP contribution < -0.4 is 9.75 Å². The predicted molar refractivity (Wildman–Crippen MR) is 238 cm³/mol. The summed E-state index contributed by atoms with van der Waals surface area (Å²) in [4.78, 5) is 0. The van der Waals surface area contributed by atoms with Crippen molar-refractivity contribution in [1.82, 2.24) is 0 Å². The molecule has 0 radical (unpaired) electrons. The lowest BCUT2D eigenvalue weighted by Gasteiger charge is -2.37. The maximum atomic E-state index is 2.58. The van der Waals surface area contributed by atoms with Gasteiger partial charge in [0.25, 0.3) is 0 Å². The summed E-state index contributed by atoms with van der Waals surface area (Å²) in [6.07, 6.45) is 11.2. The largest absolute Gasteiger partial charge is 0.136 e. The van der Waals surface area contributed by atoms with Crippen LogP contribution in [0.2, 0.25) is 0 Å². The number of allylic oxidation sites excluding steroid dienone is 1. The molecule has 266 valence electrons. The molecule has 6 aromatic carbocycles. The van der Waals surface area contributed by atoms with E-state index in [1.165, 1.54) is 101 Å². The van der Waals surface area contributed by atoms with E-state index in [1.54, 1.807) is 0 Å². The Balaban J connectivity index is 0.954. The first-order chi connectivity index (χ1) is 26.8. The zero-order chi connectivity index (χ0) is 36.7. The molecule has 0 aliphatic heterocycles. The molecule has 0 fully saturated rings. The van der Waals surface area contributed by atoms with E-state index in [9.17, 15) is 0 Å². The van der Waals surface area contributed by atoms with Crippen LogP contribution in [-0.4, -0.2) is 0 Å². The summed E-state index contributed by atoms with van der Waals surface area (Å²) in [5.74, 6) is 2.09. The summed E-state index contributed by atoms with van der Waals surface area (Å²) in [6.45, 7) is 9.86. The highest BCUT2D eigenvalue weighted by molar-refractivity contribution is 7.25. The fourth-order valence-corrected chi connectivity index (χ4v) is 13.3. The first-order valence-electron chi connectivity index (χ1n) is 20.1. The molecule has 4 aliphatic rings. The van der Waals surface area contributed by atoms with Crippen molar-refractivity contribution in [3.63, 3.8) is 0 Å². The molecule has 0 nitrogen and oxygen atoms in total. The van der Waals surface area contributed by atoms with Crippen molar-refractivity contribution in [2.45, 2.75) is 63.2 Å². The van der Waals surface area contributed by atoms with Gasteiger partial charge in [-0.1, -0.05) is 143 Å². The molecule has 0 spiro atoms. The van der Waals surface area contributed by atoms with Crippen LogP contribution in [0.15, 0.2) is 121 Å². The van der Waals surface area contributed by atoms with Gasteiger partial charge in [-0.25, -0.2) is 0 Å². The third-order valence-corrected chi connectivity index (χ3v) is 16.5. The molecule has 2 aromatic heterocycles.